The number of amides is 2. The molecule has 2 heterocycles. The molecule has 1 N–H and O–H groups in total. The van der Waals surface area contributed by atoms with E-state index in [1.165, 1.54) is 42.5 Å². The van der Waals surface area contributed by atoms with Gasteiger partial charge in [0.2, 0.25) is 11.7 Å². The van der Waals surface area contributed by atoms with Crippen molar-refractivity contribution in [1.29, 1.82) is 0 Å². The van der Waals surface area contributed by atoms with Gasteiger partial charge in [0.1, 0.15) is 30.0 Å². The Morgan fingerprint density at radius 1 is 1.05 bits per heavy atom. The molecule has 0 aliphatic carbocycles. The number of hydrogen-bond acceptors (Lipinski definition) is 6. The Kier molecular flexibility index (Phi) is 7.14. The second-order valence-electron chi connectivity index (χ2n) is 9.46. The van der Waals surface area contributed by atoms with Crippen LogP contribution in [0.15, 0.2) is 65.1 Å². The number of anilines is 1. The number of nitrogens with zero attached hydrogens (tertiary/aromatic N) is 5. The molecule has 192 valence electrons. The predicted octanol–water partition coefficient (Wildman–Crippen LogP) is 4.21. The number of aromatic nitrogens is 4. The summed E-state index contributed by atoms with van der Waals surface area (Å²) in [6.45, 7) is 6.64. The molecule has 4 rings (SSSR count). The molecule has 0 bridgehead atoms. The quantitative estimate of drug-likeness (QED) is 0.401. The topological polar surface area (TPSA) is 106 Å². The first-order valence-corrected chi connectivity index (χ1v) is 11.5. The lowest BCUT2D eigenvalue weighted by Crippen LogP contribution is -2.50. The first-order chi connectivity index (χ1) is 17.5. The largest absolute Gasteiger partial charge is 0.458 e. The van der Waals surface area contributed by atoms with Crippen LogP contribution in [0.25, 0.3) is 11.6 Å². The second-order valence-corrected chi connectivity index (χ2v) is 9.46. The van der Waals surface area contributed by atoms with Crippen LogP contribution in [-0.2, 0) is 16.1 Å². The standard InChI is InChI=1S/C26H26F2N6O3/c1-16-9-14-21(37-16)24-30-32-33(31-24)15-22(35)34(20-8-6-5-7-19(20)28)23(25(36)29-26(2,3)4)17-10-12-18(27)13-11-17/h5-14,23H,15H2,1-4H3,(H,29,36). The molecular weight excluding hydrogens is 482 g/mol. The average Bonchev–Trinajstić information content (AvgIpc) is 3.46. The summed E-state index contributed by atoms with van der Waals surface area (Å²) in [6.07, 6.45) is 0. The first-order valence-electron chi connectivity index (χ1n) is 11.5. The molecule has 0 spiro atoms. The highest BCUT2D eigenvalue weighted by Crippen LogP contribution is 2.31. The van der Waals surface area contributed by atoms with Crippen LogP contribution in [0.3, 0.4) is 0 Å². The number of carbonyl (C=O) groups is 2. The lowest BCUT2D eigenvalue weighted by molar-refractivity contribution is -0.128. The molecule has 2 amide bonds. The van der Waals surface area contributed by atoms with E-state index in [1.54, 1.807) is 45.9 Å². The molecule has 0 fully saturated rings. The van der Waals surface area contributed by atoms with Gasteiger partial charge in [-0.25, -0.2) is 8.78 Å². The Balaban J connectivity index is 1.76. The number of aryl methyl sites for hydroxylation is 1. The molecule has 1 atom stereocenters. The zero-order valence-electron chi connectivity index (χ0n) is 20.8. The van der Waals surface area contributed by atoms with E-state index >= 15 is 4.39 Å². The van der Waals surface area contributed by atoms with Crippen molar-refractivity contribution < 1.29 is 22.8 Å². The van der Waals surface area contributed by atoms with E-state index < -0.39 is 41.6 Å². The third kappa shape index (κ3) is 6.05. The van der Waals surface area contributed by atoms with Crippen molar-refractivity contribution in [2.24, 2.45) is 0 Å². The van der Waals surface area contributed by atoms with Crippen molar-refractivity contribution in [1.82, 2.24) is 25.5 Å². The molecule has 0 aliphatic heterocycles. The van der Waals surface area contributed by atoms with Gasteiger partial charge in [-0.2, -0.15) is 4.80 Å². The van der Waals surface area contributed by atoms with Gasteiger partial charge in [0.05, 0.1) is 5.69 Å². The summed E-state index contributed by atoms with van der Waals surface area (Å²) in [5, 5.41) is 14.9. The number of halogens is 2. The summed E-state index contributed by atoms with van der Waals surface area (Å²) in [5.41, 5.74) is -0.506. The molecule has 2 aromatic carbocycles. The average molecular weight is 509 g/mol. The lowest BCUT2D eigenvalue weighted by atomic mass is 10.0. The summed E-state index contributed by atoms with van der Waals surface area (Å²) < 4.78 is 34.3. The van der Waals surface area contributed by atoms with Crippen molar-refractivity contribution in [3.63, 3.8) is 0 Å². The number of benzene rings is 2. The van der Waals surface area contributed by atoms with E-state index in [0.29, 0.717) is 11.5 Å². The predicted molar refractivity (Wildman–Crippen MR) is 131 cm³/mol. The van der Waals surface area contributed by atoms with Crippen LogP contribution in [0.5, 0.6) is 0 Å². The maximum Gasteiger partial charge on any atom is 0.251 e. The molecule has 11 heteroatoms. The first kappa shape index (κ1) is 25.7. The fraction of sp³-hybridized carbons (Fsp3) is 0.269. The number of rotatable bonds is 7. The van der Waals surface area contributed by atoms with Crippen molar-refractivity contribution in [2.75, 3.05) is 4.90 Å². The Bertz CT molecular complexity index is 1410. The fourth-order valence-electron chi connectivity index (χ4n) is 3.73. The van der Waals surface area contributed by atoms with Crippen LogP contribution in [0.1, 0.15) is 38.1 Å². The van der Waals surface area contributed by atoms with Crippen LogP contribution in [-0.4, -0.2) is 37.6 Å². The molecule has 0 saturated carbocycles. The summed E-state index contributed by atoms with van der Waals surface area (Å²) in [5.74, 6) is -1.31. The molecule has 0 saturated heterocycles. The van der Waals surface area contributed by atoms with Gasteiger partial charge in [-0.3, -0.25) is 14.5 Å². The third-order valence-electron chi connectivity index (χ3n) is 5.26. The monoisotopic (exact) mass is 508 g/mol. The highest BCUT2D eigenvalue weighted by Gasteiger charge is 2.36. The molecule has 9 nitrogen and oxygen atoms in total. The van der Waals surface area contributed by atoms with E-state index in [9.17, 15) is 14.0 Å². The highest BCUT2D eigenvalue weighted by atomic mass is 19.1. The van der Waals surface area contributed by atoms with Crippen LogP contribution in [0.4, 0.5) is 14.5 Å². The van der Waals surface area contributed by atoms with Gasteiger partial charge >= 0.3 is 0 Å². The zero-order valence-corrected chi connectivity index (χ0v) is 20.8. The lowest BCUT2D eigenvalue weighted by Gasteiger charge is -2.33. The van der Waals surface area contributed by atoms with Gasteiger partial charge < -0.3 is 9.73 Å². The maximum atomic E-state index is 15.1. The molecule has 1 unspecified atom stereocenters. The van der Waals surface area contributed by atoms with E-state index in [0.717, 1.165) is 9.70 Å². The Morgan fingerprint density at radius 2 is 1.76 bits per heavy atom. The Hall–Kier alpha value is -4.41. The molecule has 0 aliphatic rings. The number of tetrazole rings is 1. The minimum Gasteiger partial charge on any atom is -0.458 e. The Morgan fingerprint density at radius 3 is 2.38 bits per heavy atom. The second kappa shape index (κ2) is 10.3. The van der Waals surface area contributed by atoms with Gasteiger partial charge in [-0.15, -0.1) is 10.2 Å². The van der Waals surface area contributed by atoms with Gasteiger partial charge in [0.15, 0.2) is 5.76 Å². The number of furan rings is 1. The molecule has 0 radical (unpaired) electrons. The van der Waals surface area contributed by atoms with E-state index in [-0.39, 0.29) is 17.1 Å². The number of para-hydroxylation sites is 1. The van der Waals surface area contributed by atoms with Crippen LogP contribution < -0.4 is 10.2 Å². The van der Waals surface area contributed by atoms with Gasteiger partial charge in [0.25, 0.3) is 5.91 Å². The Labute approximate surface area is 212 Å². The number of hydrogen-bond donors (Lipinski definition) is 1. The molecule has 37 heavy (non-hydrogen) atoms. The molecule has 4 aromatic rings. The highest BCUT2D eigenvalue weighted by molar-refractivity contribution is 6.01. The maximum absolute atomic E-state index is 15.1. The summed E-state index contributed by atoms with van der Waals surface area (Å²) in [4.78, 5) is 29.3. The fourth-order valence-corrected chi connectivity index (χ4v) is 3.73. The van der Waals surface area contributed by atoms with Gasteiger partial charge in [-0.1, -0.05) is 24.3 Å². The minimum absolute atomic E-state index is 0.132. The minimum atomic E-state index is -1.32. The molecule has 2 aromatic heterocycles. The van der Waals surface area contributed by atoms with Crippen molar-refractivity contribution in [2.45, 2.75) is 45.8 Å². The van der Waals surface area contributed by atoms with Crippen molar-refractivity contribution in [3.05, 3.63) is 83.6 Å². The summed E-state index contributed by atoms with van der Waals surface area (Å²) >= 11 is 0. The van der Waals surface area contributed by atoms with Crippen molar-refractivity contribution in [3.8, 4) is 11.6 Å². The molecular formula is C26H26F2N6O3. The van der Waals surface area contributed by atoms with Crippen LogP contribution >= 0.6 is 0 Å². The van der Waals surface area contributed by atoms with E-state index in [4.69, 9.17) is 4.42 Å². The van der Waals surface area contributed by atoms with E-state index in [2.05, 4.69) is 20.7 Å². The van der Waals surface area contributed by atoms with Crippen molar-refractivity contribution >= 4 is 17.5 Å². The van der Waals surface area contributed by atoms with E-state index in [1.807, 2.05) is 0 Å². The van der Waals surface area contributed by atoms with Crippen LogP contribution in [0, 0.1) is 18.6 Å². The SMILES string of the molecule is Cc1ccc(-c2nnn(CC(=O)N(c3ccccc3F)C(C(=O)NC(C)(C)C)c3ccc(F)cc3)n2)o1. The summed E-state index contributed by atoms with van der Waals surface area (Å²) in [7, 11) is 0. The zero-order chi connectivity index (χ0) is 26.7. The van der Waals surface area contributed by atoms with Gasteiger partial charge in [0, 0.05) is 5.54 Å². The van der Waals surface area contributed by atoms with Gasteiger partial charge in [-0.05, 0) is 74.9 Å². The summed E-state index contributed by atoms with van der Waals surface area (Å²) in [6, 6.07) is 12.8. The smallest absolute Gasteiger partial charge is 0.251 e. The number of carbonyl (C=O) groups excluding carboxylic acids is 2. The third-order valence-corrected chi connectivity index (χ3v) is 5.26. The number of nitrogens with one attached hydrogen (secondary N) is 1. The van der Waals surface area contributed by atoms with Crippen LogP contribution in [0.2, 0.25) is 0 Å². The normalized spacial score (nSPS) is 12.3.